The number of hydrogen-bond acceptors (Lipinski definition) is 5. The molecule has 2 aromatic heterocycles. The number of rotatable bonds is 5. The van der Waals surface area contributed by atoms with E-state index in [1.807, 2.05) is 62.4 Å². The molecule has 2 heterocycles. The van der Waals surface area contributed by atoms with Crippen molar-refractivity contribution in [3.8, 4) is 11.3 Å². The molecule has 2 aromatic carbocycles. The summed E-state index contributed by atoms with van der Waals surface area (Å²) in [7, 11) is 1.78. The van der Waals surface area contributed by atoms with Gasteiger partial charge >= 0.3 is 5.97 Å². The first kappa shape index (κ1) is 21.2. The molecule has 7 nitrogen and oxygen atoms in total. The van der Waals surface area contributed by atoms with Gasteiger partial charge in [0, 0.05) is 18.3 Å². The predicted octanol–water partition coefficient (Wildman–Crippen LogP) is 4.44. The van der Waals surface area contributed by atoms with Gasteiger partial charge in [0.2, 0.25) is 0 Å². The molecule has 0 bridgehead atoms. The summed E-state index contributed by atoms with van der Waals surface area (Å²) < 4.78 is 7.19. The minimum Gasteiger partial charge on any atom is -0.449 e. The van der Waals surface area contributed by atoms with Crippen LogP contribution >= 0.6 is 0 Å². The number of fused-ring (bicyclic) bond motifs is 1. The van der Waals surface area contributed by atoms with Crippen LogP contribution in [0.4, 0.5) is 5.69 Å². The Morgan fingerprint density at radius 2 is 1.78 bits per heavy atom. The van der Waals surface area contributed by atoms with Gasteiger partial charge in [0.15, 0.2) is 11.8 Å². The van der Waals surface area contributed by atoms with Crippen molar-refractivity contribution >= 4 is 28.6 Å². The van der Waals surface area contributed by atoms with Crippen LogP contribution < -0.4 is 5.32 Å². The van der Waals surface area contributed by atoms with E-state index in [1.54, 1.807) is 30.8 Å². The second-order valence-corrected chi connectivity index (χ2v) is 7.73. The first-order valence-corrected chi connectivity index (χ1v) is 10.3. The van der Waals surface area contributed by atoms with E-state index >= 15 is 0 Å². The number of aromatic nitrogens is 3. The number of aryl methyl sites for hydroxylation is 3. The second-order valence-electron chi connectivity index (χ2n) is 7.73. The number of esters is 1. The van der Waals surface area contributed by atoms with Crippen LogP contribution in [0.15, 0.2) is 60.7 Å². The Morgan fingerprint density at radius 3 is 2.50 bits per heavy atom. The normalized spacial score (nSPS) is 11.9. The van der Waals surface area contributed by atoms with Gasteiger partial charge in [0.25, 0.3) is 5.91 Å². The monoisotopic (exact) mass is 428 g/mol. The molecule has 0 aliphatic rings. The molecule has 0 saturated heterocycles. The van der Waals surface area contributed by atoms with Crippen molar-refractivity contribution < 1.29 is 14.3 Å². The maximum absolute atomic E-state index is 13.2. The topological polar surface area (TPSA) is 86.1 Å². The lowest BCUT2D eigenvalue weighted by Gasteiger charge is -2.15. The van der Waals surface area contributed by atoms with E-state index < -0.39 is 18.0 Å². The standard InChI is InChI=1S/C25H24N4O3/c1-15-9-8-12-19(13-15)26-24(30)17(3)32-25(31)20-14-21(18-10-6-5-7-11-18)27-23-22(20)16(2)28-29(23)4/h5-14,17H,1-4H3,(H,26,30). The Kier molecular flexibility index (Phi) is 5.73. The van der Waals surface area contributed by atoms with Gasteiger partial charge in [0.1, 0.15) is 0 Å². The molecule has 32 heavy (non-hydrogen) atoms. The molecule has 0 spiro atoms. The maximum atomic E-state index is 13.2. The molecule has 0 fully saturated rings. The van der Waals surface area contributed by atoms with Gasteiger partial charge < -0.3 is 10.1 Å². The van der Waals surface area contributed by atoms with Gasteiger partial charge in [-0.1, -0.05) is 42.5 Å². The fourth-order valence-corrected chi connectivity index (χ4v) is 3.61. The number of carbonyl (C=O) groups is 2. The number of amides is 1. The van der Waals surface area contributed by atoms with Crippen molar-refractivity contribution in [2.75, 3.05) is 5.32 Å². The van der Waals surface area contributed by atoms with Crippen LogP contribution in [0.2, 0.25) is 0 Å². The molecule has 4 rings (SSSR count). The molecule has 1 unspecified atom stereocenters. The lowest BCUT2D eigenvalue weighted by Crippen LogP contribution is -2.30. The number of nitrogens with one attached hydrogen (secondary N) is 1. The molecule has 0 radical (unpaired) electrons. The van der Waals surface area contributed by atoms with E-state index in [9.17, 15) is 9.59 Å². The predicted molar refractivity (Wildman–Crippen MR) is 123 cm³/mol. The summed E-state index contributed by atoms with van der Waals surface area (Å²) in [5.74, 6) is -1.00. The van der Waals surface area contributed by atoms with Crippen molar-refractivity contribution in [3.63, 3.8) is 0 Å². The molecular weight excluding hydrogens is 404 g/mol. The van der Waals surface area contributed by atoms with Crippen LogP contribution in [0.1, 0.15) is 28.5 Å². The quantitative estimate of drug-likeness (QED) is 0.475. The van der Waals surface area contributed by atoms with Crippen LogP contribution in [0.25, 0.3) is 22.3 Å². The Balaban J connectivity index is 1.64. The van der Waals surface area contributed by atoms with Gasteiger partial charge in [-0.05, 0) is 44.5 Å². The van der Waals surface area contributed by atoms with E-state index in [1.165, 1.54) is 0 Å². The van der Waals surface area contributed by atoms with Crippen LogP contribution in [0, 0.1) is 13.8 Å². The molecule has 1 amide bonds. The summed E-state index contributed by atoms with van der Waals surface area (Å²) in [6, 6.07) is 18.7. The van der Waals surface area contributed by atoms with Gasteiger partial charge in [0.05, 0.1) is 22.3 Å². The number of benzene rings is 2. The lowest BCUT2D eigenvalue weighted by molar-refractivity contribution is -0.123. The first-order valence-electron chi connectivity index (χ1n) is 10.3. The highest BCUT2D eigenvalue weighted by molar-refractivity contribution is 6.06. The second kappa shape index (κ2) is 8.63. The Hall–Kier alpha value is -4.00. The van der Waals surface area contributed by atoms with Gasteiger partial charge in [-0.15, -0.1) is 0 Å². The van der Waals surface area contributed by atoms with Crippen molar-refractivity contribution in [2.24, 2.45) is 7.05 Å². The highest BCUT2D eigenvalue weighted by Gasteiger charge is 2.24. The zero-order valence-electron chi connectivity index (χ0n) is 18.4. The molecule has 0 aliphatic heterocycles. The summed E-state index contributed by atoms with van der Waals surface area (Å²) in [5.41, 5.74) is 4.74. The molecule has 7 heteroatoms. The molecule has 4 aromatic rings. The molecule has 1 atom stereocenters. The SMILES string of the molecule is Cc1cccc(NC(=O)C(C)OC(=O)c2cc(-c3ccccc3)nc3c2c(C)nn3C)c1. The number of pyridine rings is 1. The van der Waals surface area contributed by atoms with Crippen LogP contribution in [-0.2, 0) is 16.6 Å². The van der Waals surface area contributed by atoms with Crippen LogP contribution in [0.3, 0.4) is 0 Å². The van der Waals surface area contributed by atoms with Crippen LogP contribution in [0.5, 0.6) is 0 Å². The third-order valence-electron chi connectivity index (χ3n) is 5.20. The number of ether oxygens (including phenoxy) is 1. The maximum Gasteiger partial charge on any atom is 0.339 e. The average molecular weight is 428 g/mol. The van der Waals surface area contributed by atoms with Crippen molar-refractivity contribution in [2.45, 2.75) is 26.9 Å². The molecule has 1 N–H and O–H groups in total. The van der Waals surface area contributed by atoms with Crippen molar-refractivity contribution in [1.29, 1.82) is 0 Å². The molecule has 0 aliphatic carbocycles. The van der Waals surface area contributed by atoms with E-state index in [0.29, 0.717) is 33.7 Å². The third-order valence-corrected chi connectivity index (χ3v) is 5.20. The Morgan fingerprint density at radius 1 is 1.03 bits per heavy atom. The zero-order chi connectivity index (χ0) is 22.8. The zero-order valence-corrected chi connectivity index (χ0v) is 18.4. The lowest BCUT2D eigenvalue weighted by atomic mass is 10.1. The highest BCUT2D eigenvalue weighted by atomic mass is 16.5. The summed E-state index contributed by atoms with van der Waals surface area (Å²) >= 11 is 0. The highest BCUT2D eigenvalue weighted by Crippen LogP contribution is 2.27. The first-order chi connectivity index (χ1) is 15.3. The molecule has 0 saturated carbocycles. The van der Waals surface area contributed by atoms with Gasteiger partial charge in [-0.3, -0.25) is 9.48 Å². The Labute approximate surface area is 186 Å². The van der Waals surface area contributed by atoms with E-state index in [0.717, 1.165) is 11.1 Å². The summed E-state index contributed by atoms with van der Waals surface area (Å²) in [6.45, 7) is 5.31. The van der Waals surface area contributed by atoms with E-state index in [2.05, 4.69) is 10.4 Å². The smallest absolute Gasteiger partial charge is 0.339 e. The van der Waals surface area contributed by atoms with Crippen molar-refractivity contribution in [1.82, 2.24) is 14.8 Å². The fraction of sp³-hybridized carbons (Fsp3) is 0.200. The number of carbonyl (C=O) groups excluding carboxylic acids is 2. The molecule has 162 valence electrons. The number of anilines is 1. The van der Waals surface area contributed by atoms with Gasteiger partial charge in [-0.2, -0.15) is 5.10 Å². The van der Waals surface area contributed by atoms with E-state index in [4.69, 9.17) is 9.72 Å². The number of nitrogens with zero attached hydrogens (tertiary/aromatic N) is 3. The third kappa shape index (κ3) is 4.23. The Bertz CT molecular complexity index is 1310. The summed E-state index contributed by atoms with van der Waals surface area (Å²) in [4.78, 5) is 30.5. The molecular formula is C25H24N4O3. The fourth-order valence-electron chi connectivity index (χ4n) is 3.61. The minimum atomic E-state index is -0.983. The van der Waals surface area contributed by atoms with E-state index in [-0.39, 0.29) is 0 Å². The number of hydrogen-bond donors (Lipinski definition) is 1. The minimum absolute atomic E-state index is 0.328. The largest absolute Gasteiger partial charge is 0.449 e. The summed E-state index contributed by atoms with van der Waals surface area (Å²) in [6.07, 6.45) is -0.983. The summed E-state index contributed by atoms with van der Waals surface area (Å²) in [5, 5.41) is 7.81. The van der Waals surface area contributed by atoms with Gasteiger partial charge in [-0.25, -0.2) is 9.78 Å². The van der Waals surface area contributed by atoms with Crippen LogP contribution in [-0.4, -0.2) is 32.7 Å². The van der Waals surface area contributed by atoms with Crippen molar-refractivity contribution in [3.05, 3.63) is 77.5 Å². The average Bonchev–Trinajstić information content (AvgIpc) is 3.07.